The molecule has 0 bridgehead atoms. The number of benzene rings is 1. The highest BCUT2D eigenvalue weighted by molar-refractivity contribution is 5.34. The molecular formula is C19H28O2. The van der Waals surface area contributed by atoms with Crippen molar-refractivity contribution in [2.24, 2.45) is 11.8 Å². The zero-order chi connectivity index (χ0) is 14.7. The lowest BCUT2D eigenvalue weighted by Crippen LogP contribution is -2.20. The molecule has 21 heavy (non-hydrogen) atoms. The molecule has 1 aromatic rings. The van der Waals surface area contributed by atoms with Gasteiger partial charge in [-0.15, -0.1) is 0 Å². The van der Waals surface area contributed by atoms with Crippen LogP contribution in [0.15, 0.2) is 18.2 Å². The Hall–Kier alpha value is -0.860. The van der Waals surface area contributed by atoms with Gasteiger partial charge in [-0.1, -0.05) is 57.2 Å². The van der Waals surface area contributed by atoms with E-state index < -0.39 is 0 Å². The summed E-state index contributed by atoms with van der Waals surface area (Å²) in [5.41, 5.74) is 3.65. The highest BCUT2D eigenvalue weighted by atomic mass is 16.5. The summed E-state index contributed by atoms with van der Waals surface area (Å²) in [7, 11) is 0. The van der Waals surface area contributed by atoms with Crippen molar-refractivity contribution in [1.82, 2.24) is 0 Å². The van der Waals surface area contributed by atoms with Gasteiger partial charge in [-0.25, -0.2) is 0 Å². The molecule has 1 atom stereocenters. The first-order valence-corrected chi connectivity index (χ1v) is 8.65. The number of fused-ring (bicyclic) bond motifs is 1. The predicted molar refractivity (Wildman–Crippen MR) is 84.9 cm³/mol. The van der Waals surface area contributed by atoms with Gasteiger partial charge in [0.25, 0.3) is 0 Å². The van der Waals surface area contributed by atoms with Crippen molar-refractivity contribution in [3.8, 4) is 0 Å². The largest absolute Gasteiger partial charge is 0.388 e. The fraction of sp³-hybridized carbons (Fsp3) is 0.684. The number of ether oxygens (including phenoxy) is 1. The van der Waals surface area contributed by atoms with Crippen molar-refractivity contribution in [3.63, 3.8) is 0 Å². The zero-order valence-electron chi connectivity index (χ0n) is 13.2. The van der Waals surface area contributed by atoms with E-state index in [1.54, 1.807) is 0 Å². The van der Waals surface area contributed by atoms with Crippen molar-refractivity contribution in [3.05, 3.63) is 34.9 Å². The Morgan fingerprint density at radius 2 is 1.90 bits per heavy atom. The lowest BCUT2D eigenvalue weighted by atomic mass is 9.76. The van der Waals surface area contributed by atoms with Crippen LogP contribution in [-0.2, 0) is 18.0 Å². The molecule has 2 heteroatoms. The number of hydrogen-bond acceptors (Lipinski definition) is 2. The summed E-state index contributed by atoms with van der Waals surface area (Å²) in [5.74, 6) is 1.35. The van der Waals surface area contributed by atoms with E-state index in [0.717, 1.165) is 18.1 Å². The van der Waals surface area contributed by atoms with E-state index in [9.17, 15) is 5.11 Å². The van der Waals surface area contributed by atoms with Crippen LogP contribution >= 0.6 is 0 Å². The summed E-state index contributed by atoms with van der Waals surface area (Å²) in [5, 5.41) is 10.7. The second-order valence-electron chi connectivity index (χ2n) is 6.89. The average Bonchev–Trinajstić information content (AvgIpc) is 3.00. The van der Waals surface area contributed by atoms with Crippen LogP contribution in [0.25, 0.3) is 0 Å². The summed E-state index contributed by atoms with van der Waals surface area (Å²) in [6.45, 7) is 3.71. The van der Waals surface area contributed by atoms with Crippen LogP contribution in [0.2, 0.25) is 0 Å². The van der Waals surface area contributed by atoms with Crippen LogP contribution in [-0.4, -0.2) is 5.11 Å². The summed E-state index contributed by atoms with van der Waals surface area (Å²) in [6.07, 6.45) is 8.73. The van der Waals surface area contributed by atoms with E-state index in [1.807, 2.05) is 0 Å². The standard InChI is InChI=1S/C19H28O2/c1-2-3-4-14-5-7-15(8-6-14)19(20)16-9-10-17-12-21-13-18(17)11-16/h9-11,14-15,19-20H,2-8,12-13H2,1H3. The van der Waals surface area contributed by atoms with Crippen molar-refractivity contribution >= 4 is 0 Å². The van der Waals surface area contributed by atoms with Gasteiger partial charge in [-0.2, -0.15) is 0 Å². The molecule has 1 N–H and O–H groups in total. The third-order valence-electron chi connectivity index (χ3n) is 5.39. The highest BCUT2D eigenvalue weighted by Gasteiger charge is 2.27. The molecular weight excluding hydrogens is 260 g/mol. The van der Waals surface area contributed by atoms with Gasteiger partial charge in [0, 0.05) is 0 Å². The Labute approximate surface area is 128 Å². The second-order valence-corrected chi connectivity index (χ2v) is 6.89. The maximum absolute atomic E-state index is 10.7. The Kier molecular flexibility index (Phi) is 4.97. The molecule has 0 saturated heterocycles. The Bertz CT molecular complexity index is 461. The van der Waals surface area contributed by atoms with Crippen LogP contribution in [0.5, 0.6) is 0 Å². The number of hydrogen-bond donors (Lipinski definition) is 1. The van der Waals surface area contributed by atoms with Crippen LogP contribution in [0.1, 0.15) is 74.7 Å². The van der Waals surface area contributed by atoms with Gasteiger partial charge in [-0.05, 0) is 41.4 Å². The Balaban J connectivity index is 1.57. The van der Waals surface area contributed by atoms with Gasteiger partial charge in [0.15, 0.2) is 0 Å². The zero-order valence-corrected chi connectivity index (χ0v) is 13.2. The summed E-state index contributed by atoms with van der Waals surface area (Å²) >= 11 is 0. The lowest BCUT2D eigenvalue weighted by molar-refractivity contribution is 0.0719. The third-order valence-corrected chi connectivity index (χ3v) is 5.39. The monoisotopic (exact) mass is 288 g/mol. The van der Waals surface area contributed by atoms with Gasteiger partial charge in [0.05, 0.1) is 19.3 Å². The first-order valence-electron chi connectivity index (χ1n) is 8.65. The van der Waals surface area contributed by atoms with Gasteiger partial charge in [-0.3, -0.25) is 0 Å². The molecule has 0 spiro atoms. The molecule has 1 saturated carbocycles. The topological polar surface area (TPSA) is 29.5 Å². The SMILES string of the molecule is CCCCC1CCC(C(O)c2ccc3c(c2)COC3)CC1. The summed E-state index contributed by atoms with van der Waals surface area (Å²) < 4.78 is 5.47. The Morgan fingerprint density at radius 3 is 2.67 bits per heavy atom. The fourth-order valence-electron chi connectivity index (χ4n) is 3.93. The van der Waals surface area contributed by atoms with Crippen LogP contribution in [0.4, 0.5) is 0 Å². The molecule has 0 aromatic heterocycles. The van der Waals surface area contributed by atoms with Crippen LogP contribution in [0, 0.1) is 11.8 Å². The van der Waals surface area contributed by atoms with E-state index in [4.69, 9.17) is 4.74 Å². The predicted octanol–water partition coefficient (Wildman–Crippen LogP) is 4.75. The summed E-state index contributed by atoms with van der Waals surface area (Å²) in [6, 6.07) is 6.39. The van der Waals surface area contributed by atoms with Gasteiger partial charge >= 0.3 is 0 Å². The lowest BCUT2D eigenvalue weighted by Gasteiger charge is -2.32. The maximum Gasteiger partial charge on any atom is 0.0818 e. The minimum atomic E-state index is -0.289. The van der Waals surface area contributed by atoms with Crippen LogP contribution in [0.3, 0.4) is 0 Å². The quantitative estimate of drug-likeness (QED) is 0.847. The smallest absolute Gasteiger partial charge is 0.0818 e. The number of rotatable bonds is 5. The molecule has 1 aliphatic carbocycles. The molecule has 1 aliphatic heterocycles. The van der Waals surface area contributed by atoms with E-state index in [-0.39, 0.29) is 6.10 Å². The molecule has 116 valence electrons. The van der Waals surface area contributed by atoms with Crippen LogP contribution < -0.4 is 0 Å². The number of unbranched alkanes of at least 4 members (excludes halogenated alkanes) is 1. The molecule has 1 fully saturated rings. The van der Waals surface area contributed by atoms with Gasteiger partial charge < -0.3 is 9.84 Å². The molecule has 2 nitrogen and oxygen atoms in total. The number of aliphatic hydroxyl groups is 1. The van der Waals surface area contributed by atoms with E-state index in [2.05, 4.69) is 25.1 Å². The van der Waals surface area contributed by atoms with E-state index in [0.29, 0.717) is 12.5 Å². The fourth-order valence-corrected chi connectivity index (χ4v) is 3.93. The Morgan fingerprint density at radius 1 is 1.14 bits per heavy atom. The first-order chi connectivity index (χ1) is 10.3. The van der Waals surface area contributed by atoms with Crippen molar-refractivity contribution < 1.29 is 9.84 Å². The van der Waals surface area contributed by atoms with Gasteiger partial charge in [0.2, 0.25) is 0 Å². The highest BCUT2D eigenvalue weighted by Crippen LogP contribution is 2.39. The molecule has 1 aromatic carbocycles. The molecule has 3 rings (SSSR count). The van der Waals surface area contributed by atoms with E-state index in [1.165, 1.54) is 56.1 Å². The number of aliphatic hydroxyl groups excluding tert-OH is 1. The van der Waals surface area contributed by atoms with Crippen molar-refractivity contribution in [2.45, 2.75) is 71.2 Å². The molecule has 2 aliphatic rings. The van der Waals surface area contributed by atoms with E-state index >= 15 is 0 Å². The molecule has 0 amide bonds. The van der Waals surface area contributed by atoms with Gasteiger partial charge in [0.1, 0.15) is 0 Å². The second kappa shape index (κ2) is 6.93. The normalized spacial score (nSPS) is 26.6. The van der Waals surface area contributed by atoms with Crippen molar-refractivity contribution in [2.75, 3.05) is 0 Å². The average molecular weight is 288 g/mol. The molecule has 0 radical (unpaired) electrons. The molecule has 1 unspecified atom stereocenters. The minimum absolute atomic E-state index is 0.289. The minimum Gasteiger partial charge on any atom is -0.388 e. The maximum atomic E-state index is 10.7. The first kappa shape index (κ1) is 15.1. The third kappa shape index (κ3) is 3.49. The molecule has 1 heterocycles. The van der Waals surface area contributed by atoms with Crippen molar-refractivity contribution in [1.29, 1.82) is 0 Å². The summed E-state index contributed by atoms with van der Waals surface area (Å²) in [4.78, 5) is 0.